The highest BCUT2D eigenvalue weighted by molar-refractivity contribution is 5.44. The predicted octanol–water partition coefficient (Wildman–Crippen LogP) is 1.92. The largest absolute Gasteiger partial charge is 0.493 e. The summed E-state index contributed by atoms with van der Waals surface area (Å²) in [6.45, 7) is 4.08. The molecule has 106 valence electrons. The molecule has 0 aliphatic carbocycles. The number of aliphatic hydroxyl groups excluding tert-OH is 1. The van der Waals surface area contributed by atoms with E-state index >= 15 is 0 Å². The van der Waals surface area contributed by atoms with Gasteiger partial charge in [-0.3, -0.25) is 0 Å². The lowest BCUT2D eigenvalue weighted by atomic mass is 10.0. The van der Waals surface area contributed by atoms with E-state index in [0.717, 1.165) is 43.0 Å². The second kappa shape index (κ2) is 6.78. The molecule has 1 aromatic rings. The van der Waals surface area contributed by atoms with Gasteiger partial charge < -0.3 is 19.9 Å². The highest BCUT2D eigenvalue weighted by atomic mass is 16.5. The summed E-state index contributed by atoms with van der Waals surface area (Å²) >= 11 is 0. The average Bonchev–Trinajstić information content (AvgIpc) is 2.47. The maximum Gasteiger partial charge on any atom is 0.161 e. The van der Waals surface area contributed by atoms with Gasteiger partial charge in [-0.15, -0.1) is 0 Å². The number of nitrogens with one attached hydrogen (secondary N) is 1. The molecule has 1 aliphatic rings. The van der Waals surface area contributed by atoms with Crippen LogP contribution in [0.2, 0.25) is 0 Å². The summed E-state index contributed by atoms with van der Waals surface area (Å²) in [5, 5.41) is 12.6. The molecule has 0 amide bonds. The van der Waals surface area contributed by atoms with Crippen LogP contribution in [0.5, 0.6) is 11.5 Å². The molecule has 0 spiro atoms. The van der Waals surface area contributed by atoms with E-state index in [0.29, 0.717) is 0 Å². The van der Waals surface area contributed by atoms with Crippen molar-refractivity contribution in [3.05, 3.63) is 23.8 Å². The highest BCUT2D eigenvalue weighted by Gasteiger charge is 2.17. The molecule has 2 rings (SSSR count). The Hall–Kier alpha value is -1.26. The summed E-state index contributed by atoms with van der Waals surface area (Å²) in [6, 6.07) is 5.87. The van der Waals surface area contributed by atoms with E-state index in [1.807, 2.05) is 25.1 Å². The van der Waals surface area contributed by atoms with Crippen molar-refractivity contribution < 1.29 is 14.6 Å². The Morgan fingerprint density at radius 3 is 2.89 bits per heavy atom. The number of ether oxygens (including phenoxy) is 2. The monoisotopic (exact) mass is 265 g/mol. The number of aliphatic hydroxyl groups is 1. The molecule has 19 heavy (non-hydrogen) atoms. The van der Waals surface area contributed by atoms with Gasteiger partial charge in [0.1, 0.15) is 6.10 Å². The van der Waals surface area contributed by atoms with Gasteiger partial charge in [-0.25, -0.2) is 0 Å². The van der Waals surface area contributed by atoms with Crippen LogP contribution in [0.1, 0.15) is 31.2 Å². The average molecular weight is 265 g/mol. The molecule has 0 aromatic heterocycles. The lowest BCUT2D eigenvalue weighted by Crippen LogP contribution is -2.37. The van der Waals surface area contributed by atoms with Crippen LogP contribution in [0.15, 0.2) is 18.2 Å². The Balaban J connectivity index is 2.15. The van der Waals surface area contributed by atoms with Crippen LogP contribution in [0.25, 0.3) is 0 Å². The lowest BCUT2D eigenvalue weighted by molar-refractivity contribution is 0.161. The van der Waals surface area contributed by atoms with Crippen LogP contribution in [0.4, 0.5) is 0 Å². The van der Waals surface area contributed by atoms with Crippen molar-refractivity contribution in [2.75, 3.05) is 26.8 Å². The van der Waals surface area contributed by atoms with Crippen molar-refractivity contribution in [3.63, 3.8) is 0 Å². The minimum Gasteiger partial charge on any atom is -0.493 e. The maximum atomic E-state index is 9.24. The number of rotatable bonds is 5. The third-order valence-corrected chi connectivity index (χ3v) is 3.58. The zero-order chi connectivity index (χ0) is 13.7. The fraction of sp³-hybridized carbons (Fsp3) is 0.600. The van der Waals surface area contributed by atoms with E-state index in [1.54, 1.807) is 7.11 Å². The normalized spacial score (nSPS) is 20.9. The molecule has 2 N–H and O–H groups in total. The highest BCUT2D eigenvalue weighted by Crippen LogP contribution is 2.32. The molecule has 1 aliphatic heterocycles. The topological polar surface area (TPSA) is 50.7 Å². The molecule has 2 unspecified atom stereocenters. The predicted molar refractivity (Wildman–Crippen MR) is 75.0 cm³/mol. The minimum atomic E-state index is 0.109. The van der Waals surface area contributed by atoms with Gasteiger partial charge in [-0.2, -0.15) is 0 Å². The summed E-state index contributed by atoms with van der Waals surface area (Å²) in [5.41, 5.74) is 1.07. The summed E-state index contributed by atoms with van der Waals surface area (Å²) < 4.78 is 11.4. The second-order valence-corrected chi connectivity index (χ2v) is 5.08. The maximum absolute atomic E-state index is 9.24. The molecule has 1 fully saturated rings. The molecule has 0 radical (unpaired) electrons. The van der Waals surface area contributed by atoms with Crippen molar-refractivity contribution in [2.24, 2.45) is 0 Å². The van der Waals surface area contributed by atoms with E-state index in [4.69, 9.17) is 9.47 Å². The van der Waals surface area contributed by atoms with E-state index in [9.17, 15) is 5.11 Å². The van der Waals surface area contributed by atoms with Crippen molar-refractivity contribution in [1.29, 1.82) is 0 Å². The molecular formula is C15H23NO3. The van der Waals surface area contributed by atoms with Gasteiger partial charge in [0.15, 0.2) is 11.5 Å². The van der Waals surface area contributed by atoms with Gasteiger partial charge in [-0.1, -0.05) is 13.0 Å². The van der Waals surface area contributed by atoms with Crippen LogP contribution in [0, 0.1) is 0 Å². The molecule has 4 heteroatoms. The number of methoxy groups -OCH3 is 1. The van der Waals surface area contributed by atoms with Crippen molar-refractivity contribution in [3.8, 4) is 11.5 Å². The molecule has 2 atom stereocenters. The first kappa shape index (κ1) is 14.2. The van der Waals surface area contributed by atoms with Crippen molar-refractivity contribution in [1.82, 2.24) is 5.32 Å². The minimum absolute atomic E-state index is 0.109. The number of hydrogen-bond acceptors (Lipinski definition) is 4. The molecule has 0 bridgehead atoms. The molecule has 0 saturated carbocycles. The van der Waals surface area contributed by atoms with E-state index in [2.05, 4.69) is 5.32 Å². The Morgan fingerprint density at radius 2 is 2.26 bits per heavy atom. The van der Waals surface area contributed by atoms with E-state index in [-0.39, 0.29) is 18.6 Å². The Bertz CT molecular complexity index is 402. The summed E-state index contributed by atoms with van der Waals surface area (Å²) in [5.74, 6) is 1.63. The van der Waals surface area contributed by atoms with Crippen LogP contribution in [-0.4, -0.2) is 38.0 Å². The SMILES string of the molecule is COc1ccc(C(C)CO)cc1OC1CCCNC1. The quantitative estimate of drug-likeness (QED) is 0.854. The molecule has 1 aromatic carbocycles. The first-order chi connectivity index (χ1) is 9.24. The smallest absolute Gasteiger partial charge is 0.161 e. The number of benzene rings is 1. The molecule has 1 heterocycles. The van der Waals surface area contributed by atoms with E-state index < -0.39 is 0 Å². The lowest BCUT2D eigenvalue weighted by Gasteiger charge is -2.25. The fourth-order valence-electron chi connectivity index (χ4n) is 2.30. The van der Waals surface area contributed by atoms with Crippen LogP contribution in [0.3, 0.4) is 0 Å². The third-order valence-electron chi connectivity index (χ3n) is 3.58. The van der Waals surface area contributed by atoms with Crippen molar-refractivity contribution >= 4 is 0 Å². The summed E-state index contributed by atoms with van der Waals surface area (Å²) in [6.07, 6.45) is 2.40. The summed E-state index contributed by atoms with van der Waals surface area (Å²) in [7, 11) is 1.65. The summed E-state index contributed by atoms with van der Waals surface area (Å²) in [4.78, 5) is 0. The standard InChI is InChI=1S/C15H23NO3/c1-11(10-17)12-5-6-14(18-2)15(8-12)19-13-4-3-7-16-9-13/h5-6,8,11,13,16-17H,3-4,7,9-10H2,1-2H3. The Labute approximate surface area is 114 Å². The Morgan fingerprint density at radius 1 is 1.42 bits per heavy atom. The van der Waals surface area contributed by atoms with Gasteiger partial charge >= 0.3 is 0 Å². The van der Waals surface area contributed by atoms with Crippen LogP contribution in [-0.2, 0) is 0 Å². The fourth-order valence-corrected chi connectivity index (χ4v) is 2.30. The van der Waals surface area contributed by atoms with Gasteiger partial charge in [0, 0.05) is 19.1 Å². The van der Waals surface area contributed by atoms with E-state index in [1.165, 1.54) is 0 Å². The van der Waals surface area contributed by atoms with Gasteiger partial charge in [0.05, 0.1) is 7.11 Å². The first-order valence-electron chi connectivity index (χ1n) is 6.90. The van der Waals surface area contributed by atoms with Crippen LogP contribution >= 0.6 is 0 Å². The van der Waals surface area contributed by atoms with Gasteiger partial charge in [0.2, 0.25) is 0 Å². The van der Waals surface area contributed by atoms with Gasteiger partial charge in [0.25, 0.3) is 0 Å². The zero-order valence-electron chi connectivity index (χ0n) is 11.7. The molecule has 4 nitrogen and oxygen atoms in total. The zero-order valence-corrected chi connectivity index (χ0v) is 11.7. The number of piperidine rings is 1. The van der Waals surface area contributed by atoms with Crippen molar-refractivity contribution in [2.45, 2.75) is 31.8 Å². The van der Waals surface area contributed by atoms with Gasteiger partial charge in [-0.05, 0) is 37.1 Å². The second-order valence-electron chi connectivity index (χ2n) is 5.08. The van der Waals surface area contributed by atoms with Crippen LogP contribution < -0.4 is 14.8 Å². The molecular weight excluding hydrogens is 242 g/mol. The molecule has 1 saturated heterocycles. The third kappa shape index (κ3) is 3.61. The number of hydrogen-bond donors (Lipinski definition) is 2. The first-order valence-corrected chi connectivity index (χ1v) is 6.90. The Kier molecular flexibility index (Phi) is 5.05.